The zero-order valence-corrected chi connectivity index (χ0v) is 12.3. The normalized spacial score (nSPS) is 13.1. The van der Waals surface area contributed by atoms with Crippen LogP contribution in [-0.2, 0) is 9.53 Å². The van der Waals surface area contributed by atoms with Gasteiger partial charge in [-0.15, -0.1) is 6.58 Å². The van der Waals surface area contributed by atoms with Crippen LogP contribution in [0.3, 0.4) is 0 Å². The van der Waals surface area contributed by atoms with Crippen molar-refractivity contribution in [1.82, 2.24) is 5.32 Å². The molecule has 1 aliphatic heterocycles. The van der Waals surface area contributed by atoms with Gasteiger partial charge in [-0.1, -0.05) is 17.9 Å². The zero-order valence-electron chi connectivity index (χ0n) is 12.3. The fourth-order valence-corrected chi connectivity index (χ4v) is 1.96. The molecule has 0 saturated carbocycles. The van der Waals surface area contributed by atoms with E-state index in [1.807, 2.05) is 24.3 Å². The Labute approximate surface area is 129 Å². The summed E-state index contributed by atoms with van der Waals surface area (Å²) in [5, 5.41) is 2.72. The van der Waals surface area contributed by atoms with Crippen LogP contribution < -0.4 is 10.2 Å². The van der Waals surface area contributed by atoms with Crippen LogP contribution in [0.4, 0.5) is 10.5 Å². The first-order valence-corrected chi connectivity index (χ1v) is 7.11. The van der Waals surface area contributed by atoms with Crippen LogP contribution in [-0.4, -0.2) is 31.7 Å². The molecule has 0 aromatic heterocycles. The number of hydrogen-bond acceptors (Lipinski definition) is 3. The highest BCUT2D eigenvalue weighted by molar-refractivity contribution is 5.89. The van der Waals surface area contributed by atoms with E-state index in [1.165, 1.54) is 0 Å². The van der Waals surface area contributed by atoms with E-state index in [9.17, 15) is 9.59 Å². The fourth-order valence-electron chi connectivity index (χ4n) is 1.96. The fraction of sp³-hybridized carbons (Fsp3) is 0.294. The summed E-state index contributed by atoms with van der Waals surface area (Å²) in [6.45, 7) is 4.88. The molecule has 1 aliphatic rings. The molecule has 2 amide bonds. The number of anilines is 1. The Morgan fingerprint density at radius 2 is 2.18 bits per heavy atom. The van der Waals surface area contributed by atoms with Crippen molar-refractivity contribution in [2.45, 2.75) is 12.8 Å². The Morgan fingerprint density at radius 3 is 2.82 bits per heavy atom. The van der Waals surface area contributed by atoms with Crippen molar-refractivity contribution in [2.24, 2.45) is 0 Å². The molecule has 1 fully saturated rings. The molecule has 0 radical (unpaired) electrons. The Hall–Kier alpha value is -2.74. The van der Waals surface area contributed by atoms with Crippen LogP contribution in [0, 0.1) is 11.8 Å². The number of hydrogen-bond donors (Lipinski definition) is 1. The minimum absolute atomic E-state index is 0.0305. The second-order valence-corrected chi connectivity index (χ2v) is 4.72. The molecule has 0 spiro atoms. The summed E-state index contributed by atoms with van der Waals surface area (Å²) in [4.78, 5) is 24.4. The molecule has 1 saturated heterocycles. The summed E-state index contributed by atoms with van der Waals surface area (Å²) in [7, 11) is 0. The van der Waals surface area contributed by atoms with Gasteiger partial charge >= 0.3 is 6.09 Å². The van der Waals surface area contributed by atoms with Crippen molar-refractivity contribution < 1.29 is 14.3 Å². The van der Waals surface area contributed by atoms with Crippen molar-refractivity contribution in [3.63, 3.8) is 0 Å². The zero-order chi connectivity index (χ0) is 15.8. The van der Waals surface area contributed by atoms with E-state index in [1.54, 1.807) is 11.0 Å². The number of cyclic esters (lactones) is 1. The summed E-state index contributed by atoms with van der Waals surface area (Å²) in [5.74, 6) is 5.83. The maximum absolute atomic E-state index is 11.4. The Morgan fingerprint density at radius 1 is 1.41 bits per heavy atom. The lowest BCUT2D eigenvalue weighted by atomic mass is 10.2. The minimum atomic E-state index is -0.318. The molecule has 0 bridgehead atoms. The molecule has 114 valence electrons. The highest BCUT2D eigenvalue weighted by Gasteiger charge is 2.22. The Bertz CT molecular complexity index is 611. The van der Waals surface area contributed by atoms with Gasteiger partial charge in [-0.2, -0.15) is 0 Å². The van der Waals surface area contributed by atoms with Crippen LogP contribution in [0.2, 0.25) is 0 Å². The summed E-state index contributed by atoms with van der Waals surface area (Å²) < 4.78 is 4.89. The number of amides is 2. The van der Waals surface area contributed by atoms with Gasteiger partial charge in [0.15, 0.2) is 0 Å². The number of nitrogens with one attached hydrogen (secondary N) is 1. The van der Waals surface area contributed by atoms with Gasteiger partial charge in [0.25, 0.3) is 0 Å². The monoisotopic (exact) mass is 298 g/mol. The van der Waals surface area contributed by atoms with Gasteiger partial charge in [0, 0.05) is 17.7 Å². The lowest BCUT2D eigenvalue weighted by Gasteiger charge is -2.11. The van der Waals surface area contributed by atoms with Crippen molar-refractivity contribution in [1.29, 1.82) is 0 Å². The third-order valence-corrected chi connectivity index (χ3v) is 3.12. The molecule has 5 heteroatoms. The lowest BCUT2D eigenvalue weighted by molar-refractivity contribution is -0.120. The predicted molar refractivity (Wildman–Crippen MR) is 84.5 cm³/mol. The smallest absolute Gasteiger partial charge is 0.414 e. The summed E-state index contributed by atoms with van der Waals surface area (Å²) in [6, 6.07) is 7.35. The van der Waals surface area contributed by atoms with Gasteiger partial charge < -0.3 is 10.1 Å². The molecule has 1 N–H and O–H groups in total. The number of benzene rings is 1. The molecule has 1 heterocycles. The van der Waals surface area contributed by atoms with Crippen LogP contribution in [0.15, 0.2) is 36.9 Å². The third-order valence-electron chi connectivity index (χ3n) is 3.12. The van der Waals surface area contributed by atoms with Crippen molar-refractivity contribution >= 4 is 17.7 Å². The van der Waals surface area contributed by atoms with E-state index < -0.39 is 0 Å². The number of carbonyl (C=O) groups is 2. The number of allylic oxidation sites excluding steroid dienone is 1. The highest BCUT2D eigenvalue weighted by atomic mass is 16.6. The van der Waals surface area contributed by atoms with Gasteiger partial charge in [-0.3, -0.25) is 9.69 Å². The first-order valence-electron chi connectivity index (χ1n) is 7.11. The second-order valence-electron chi connectivity index (χ2n) is 4.72. The molecule has 22 heavy (non-hydrogen) atoms. The van der Waals surface area contributed by atoms with Crippen LogP contribution in [0.25, 0.3) is 0 Å². The average Bonchev–Trinajstić information content (AvgIpc) is 2.96. The van der Waals surface area contributed by atoms with E-state index in [2.05, 4.69) is 23.7 Å². The van der Waals surface area contributed by atoms with Crippen molar-refractivity contribution in [2.75, 3.05) is 24.6 Å². The molecule has 0 unspecified atom stereocenters. The number of rotatable bonds is 5. The predicted octanol–water partition coefficient (Wildman–Crippen LogP) is 2.08. The molecule has 5 nitrogen and oxygen atoms in total. The lowest BCUT2D eigenvalue weighted by Crippen LogP contribution is -2.23. The SMILES string of the molecule is C=CCCC(=O)NCC#Cc1ccc(N2CCOC2=O)cc1. The van der Waals surface area contributed by atoms with Gasteiger partial charge in [-0.05, 0) is 30.7 Å². The van der Waals surface area contributed by atoms with E-state index in [-0.39, 0.29) is 12.0 Å². The van der Waals surface area contributed by atoms with E-state index >= 15 is 0 Å². The maximum atomic E-state index is 11.4. The maximum Gasteiger partial charge on any atom is 0.414 e. The molecule has 1 aromatic rings. The van der Waals surface area contributed by atoms with E-state index in [0.717, 1.165) is 11.3 Å². The Balaban J connectivity index is 1.84. The third kappa shape index (κ3) is 4.38. The summed E-state index contributed by atoms with van der Waals surface area (Å²) in [6.07, 6.45) is 2.50. The molecule has 2 rings (SSSR count). The minimum Gasteiger partial charge on any atom is -0.447 e. The van der Waals surface area contributed by atoms with Crippen LogP contribution >= 0.6 is 0 Å². The standard InChI is InChI=1S/C17H18N2O3/c1-2-3-6-16(20)18-11-4-5-14-7-9-15(10-8-14)19-12-13-22-17(19)21/h2,7-10H,1,3,6,11-13H2,(H,18,20). The topological polar surface area (TPSA) is 58.6 Å². The molecular weight excluding hydrogens is 280 g/mol. The average molecular weight is 298 g/mol. The number of ether oxygens (including phenoxy) is 1. The number of nitrogens with zero attached hydrogens (tertiary/aromatic N) is 1. The van der Waals surface area contributed by atoms with Crippen molar-refractivity contribution in [3.8, 4) is 11.8 Å². The first kappa shape index (κ1) is 15.6. The van der Waals surface area contributed by atoms with Crippen molar-refractivity contribution in [3.05, 3.63) is 42.5 Å². The van der Waals surface area contributed by atoms with Crippen LogP contribution in [0.5, 0.6) is 0 Å². The highest BCUT2D eigenvalue weighted by Crippen LogP contribution is 2.18. The van der Waals surface area contributed by atoms with Gasteiger partial charge in [-0.25, -0.2) is 4.79 Å². The van der Waals surface area contributed by atoms with Gasteiger partial charge in [0.2, 0.25) is 5.91 Å². The summed E-state index contributed by atoms with van der Waals surface area (Å²) in [5.41, 5.74) is 1.63. The molecular formula is C17H18N2O3. The van der Waals surface area contributed by atoms with E-state index in [0.29, 0.717) is 32.5 Å². The number of carbonyl (C=O) groups excluding carboxylic acids is 2. The van der Waals surface area contributed by atoms with Gasteiger partial charge in [0.05, 0.1) is 13.1 Å². The second kappa shape index (κ2) is 7.89. The summed E-state index contributed by atoms with van der Waals surface area (Å²) >= 11 is 0. The largest absolute Gasteiger partial charge is 0.447 e. The first-order chi connectivity index (χ1) is 10.7. The van der Waals surface area contributed by atoms with E-state index in [4.69, 9.17) is 4.74 Å². The van der Waals surface area contributed by atoms with Crippen LogP contribution in [0.1, 0.15) is 18.4 Å². The Kier molecular flexibility index (Phi) is 5.61. The molecule has 0 atom stereocenters. The molecule has 1 aromatic carbocycles. The molecule has 0 aliphatic carbocycles. The quantitative estimate of drug-likeness (QED) is 0.669. The van der Waals surface area contributed by atoms with Gasteiger partial charge in [0.1, 0.15) is 6.61 Å².